The first-order valence-corrected chi connectivity index (χ1v) is 7.62. The Kier molecular flexibility index (Phi) is 4.36. The maximum atomic E-state index is 13.0. The second kappa shape index (κ2) is 6.45. The number of fused-ring (bicyclic) bond motifs is 1. The molecular formula is C18H13ClFNO3. The predicted molar refractivity (Wildman–Crippen MR) is 89.8 cm³/mol. The summed E-state index contributed by atoms with van der Waals surface area (Å²) in [4.78, 5) is 24.4. The fourth-order valence-electron chi connectivity index (χ4n) is 2.38. The van der Waals surface area contributed by atoms with Gasteiger partial charge < -0.3 is 9.73 Å². The molecule has 24 heavy (non-hydrogen) atoms. The van der Waals surface area contributed by atoms with Crippen LogP contribution in [-0.2, 0) is 0 Å². The fraction of sp³-hybridized carbons (Fsp3) is 0.111. The summed E-state index contributed by atoms with van der Waals surface area (Å²) in [7, 11) is 0. The smallest absolute Gasteiger partial charge is 0.349 e. The van der Waals surface area contributed by atoms with Crippen LogP contribution in [0.5, 0.6) is 0 Å². The number of carbonyl (C=O) groups excluding carboxylic acids is 1. The third kappa shape index (κ3) is 3.16. The van der Waals surface area contributed by atoms with Gasteiger partial charge in [-0.2, -0.15) is 0 Å². The zero-order chi connectivity index (χ0) is 17.3. The van der Waals surface area contributed by atoms with Crippen LogP contribution in [0.15, 0.2) is 57.7 Å². The van der Waals surface area contributed by atoms with Gasteiger partial charge in [-0.1, -0.05) is 35.9 Å². The largest absolute Gasteiger partial charge is 0.421 e. The maximum absolute atomic E-state index is 13.0. The first-order valence-electron chi connectivity index (χ1n) is 7.24. The van der Waals surface area contributed by atoms with Crippen LogP contribution in [0.4, 0.5) is 4.39 Å². The summed E-state index contributed by atoms with van der Waals surface area (Å²) in [5, 5.41) is 3.56. The number of rotatable bonds is 3. The van der Waals surface area contributed by atoms with E-state index < -0.39 is 17.6 Å². The number of nitrogens with one attached hydrogen (secondary N) is 1. The molecule has 1 amide bonds. The second-order valence-electron chi connectivity index (χ2n) is 5.35. The van der Waals surface area contributed by atoms with E-state index in [1.807, 2.05) is 0 Å². The molecule has 0 saturated carbocycles. The van der Waals surface area contributed by atoms with Crippen LogP contribution in [0, 0.1) is 5.82 Å². The predicted octanol–water partition coefficient (Wildman–Crippen LogP) is 4.08. The van der Waals surface area contributed by atoms with Crippen molar-refractivity contribution in [3.05, 3.63) is 80.9 Å². The lowest BCUT2D eigenvalue weighted by molar-refractivity contribution is 0.0936. The van der Waals surface area contributed by atoms with Gasteiger partial charge >= 0.3 is 5.63 Å². The Morgan fingerprint density at radius 3 is 2.62 bits per heavy atom. The number of hydrogen-bond donors (Lipinski definition) is 1. The van der Waals surface area contributed by atoms with Gasteiger partial charge in [0.1, 0.15) is 11.4 Å². The standard InChI is InChI=1S/C18H13ClFNO3/c1-10(11-5-7-13(20)8-6-11)21-17(22)14-9-12-3-2-4-15(19)16(12)24-18(14)23/h2-10H,1H3,(H,21,22)/t10-/m1/s1. The molecule has 0 unspecified atom stereocenters. The molecule has 0 aliphatic rings. The van der Waals surface area contributed by atoms with Crippen molar-refractivity contribution in [3.63, 3.8) is 0 Å². The topological polar surface area (TPSA) is 59.3 Å². The first-order chi connectivity index (χ1) is 11.5. The molecule has 2 aromatic carbocycles. The Bertz CT molecular complexity index is 966. The van der Waals surface area contributed by atoms with Gasteiger partial charge in [0.25, 0.3) is 5.91 Å². The Morgan fingerprint density at radius 1 is 1.21 bits per heavy atom. The van der Waals surface area contributed by atoms with Crippen molar-refractivity contribution in [1.29, 1.82) is 0 Å². The molecule has 4 nitrogen and oxygen atoms in total. The maximum Gasteiger partial charge on any atom is 0.349 e. The van der Waals surface area contributed by atoms with Gasteiger partial charge in [0.05, 0.1) is 11.1 Å². The van der Waals surface area contributed by atoms with Crippen LogP contribution in [-0.4, -0.2) is 5.91 Å². The van der Waals surface area contributed by atoms with Crippen molar-refractivity contribution >= 4 is 28.5 Å². The van der Waals surface area contributed by atoms with Crippen LogP contribution >= 0.6 is 11.6 Å². The van der Waals surface area contributed by atoms with E-state index in [-0.39, 0.29) is 17.0 Å². The number of benzene rings is 2. The number of carbonyl (C=O) groups is 1. The molecule has 3 rings (SSSR count). The van der Waals surface area contributed by atoms with Crippen molar-refractivity contribution < 1.29 is 13.6 Å². The van der Waals surface area contributed by atoms with Crippen LogP contribution in [0.1, 0.15) is 28.9 Å². The lowest BCUT2D eigenvalue weighted by Gasteiger charge is -2.14. The summed E-state index contributed by atoms with van der Waals surface area (Å²) in [5.41, 5.74) is 0.0865. The van der Waals surface area contributed by atoms with E-state index in [1.54, 1.807) is 37.3 Å². The summed E-state index contributed by atoms with van der Waals surface area (Å²) in [6, 6.07) is 11.8. The lowest BCUT2D eigenvalue weighted by Crippen LogP contribution is -2.30. The first kappa shape index (κ1) is 16.2. The van der Waals surface area contributed by atoms with Gasteiger partial charge in [0.15, 0.2) is 5.58 Å². The molecule has 1 aromatic heterocycles. The highest BCUT2D eigenvalue weighted by molar-refractivity contribution is 6.34. The van der Waals surface area contributed by atoms with Crippen LogP contribution in [0.3, 0.4) is 0 Å². The second-order valence-corrected chi connectivity index (χ2v) is 5.76. The summed E-state index contributed by atoms with van der Waals surface area (Å²) < 4.78 is 18.1. The Morgan fingerprint density at radius 2 is 1.92 bits per heavy atom. The number of amides is 1. The van der Waals surface area contributed by atoms with Crippen molar-refractivity contribution in [1.82, 2.24) is 5.32 Å². The normalized spacial score (nSPS) is 12.1. The van der Waals surface area contributed by atoms with Crippen molar-refractivity contribution in [2.75, 3.05) is 0 Å². The molecule has 1 heterocycles. The highest BCUT2D eigenvalue weighted by Gasteiger charge is 2.17. The minimum Gasteiger partial charge on any atom is -0.421 e. The highest BCUT2D eigenvalue weighted by Crippen LogP contribution is 2.22. The zero-order valence-electron chi connectivity index (χ0n) is 12.7. The highest BCUT2D eigenvalue weighted by atomic mass is 35.5. The van der Waals surface area contributed by atoms with Gasteiger partial charge in [-0.15, -0.1) is 0 Å². The summed E-state index contributed by atoms with van der Waals surface area (Å²) in [6.45, 7) is 1.74. The molecule has 0 bridgehead atoms. The van der Waals surface area contributed by atoms with E-state index in [9.17, 15) is 14.0 Å². The van der Waals surface area contributed by atoms with Gasteiger partial charge in [0, 0.05) is 5.39 Å². The van der Waals surface area contributed by atoms with Crippen molar-refractivity contribution in [3.8, 4) is 0 Å². The zero-order valence-corrected chi connectivity index (χ0v) is 13.4. The lowest BCUT2D eigenvalue weighted by atomic mass is 10.1. The molecule has 0 spiro atoms. The van der Waals surface area contributed by atoms with Crippen molar-refractivity contribution in [2.45, 2.75) is 13.0 Å². The van der Waals surface area contributed by atoms with Crippen LogP contribution in [0.25, 0.3) is 11.0 Å². The molecule has 3 aromatic rings. The monoisotopic (exact) mass is 345 g/mol. The Labute approximate surface area is 141 Å². The third-order valence-electron chi connectivity index (χ3n) is 3.67. The molecule has 1 N–H and O–H groups in total. The average molecular weight is 346 g/mol. The van der Waals surface area contributed by atoms with E-state index in [4.69, 9.17) is 16.0 Å². The van der Waals surface area contributed by atoms with Gasteiger partial charge in [0.2, 0.25) is 0 Å². The summed E-state index contributed by atoms with van der Waals surface area (Å²) in [6.07, 6.45) is 0. The van der Waals surface area contributed by atoms with Crippen molar-refractivity contribution in [2.24, 2.45) is 0 Å². The average Bonchev–Trinajstić information content (AvgIpc) is 2.55. The SMILES string of the molecule is C[C@@H](NC(=O)c1cc2cccc(Cl)c2oc1=O)c1ccc(F)cc1. The molecule has 122 valence electrons. The minimum absolute atomic E-state index is 0.112. The van der Waals surface area contributed by atoms with E-state index >= 15 is 0 Å². The number of para-hydroxylation sites is 1. The van der Waals surface area contributed by atoms with Crippen LogP contribution < -0.4 is 10.9 Å². The van der Waals surface area contributed by atoms with E-state index in [2.05, 4.69) is 5.32 Å². The molecule has 0 saturated heterocycles. The Hall–Kier alpha value is -2.66. The molecule has 1 atom stereocenters. The number of hydrogen-bond acceptors (Lipinski definition) is 3. The summed E-state index contributed by atoms with van der Waals surface area (Å²) in [5.74, 6) is -0.924. The number of halogens is 2. The van der Waals surface area contributed by atoms with E-state index in [0.717, 1.165) is 5.56 Å². The quantitative estimate of drug-likeness (QED) is 0.728. The molecular weight excluding hydrogens is 333 g/mol. The van der Waals surface area contributed by atoms with E-state index in [1.165, 1.54) is 18.2 Å². The molecule has 6 heteroatoms. The third-order valence-corrected chi connectivity index (χ3v) is 3.97. The minimum atomic E-state index is -0.764. The molecule has 0 fully saturated rings. The van der Waals surface area contributed by atoms with Gasteiger partial charge in [-0.05, 0) is 36.8 Å². The summed E-state index contributed by atoms with van der Waals surface area (Å²) >= 11 is 5.97. The van der Waals surface area contributed by atoms with E-state index in [0.29, 0.717) is 10.4 Å². The fourth-order valence-corrected chi connectivity index (χ4v) is 2.60. The Balaban J connectivity index is 1.90. The molecule has 0 radical (unpaired) electrons. The molecule has 0 aliphatic carbocycles. The molecule has 0 aliphatic heterocycles. The van der Waals surface area contributed by atoms with Gasteiger partial charge in [-0.3, -0.25) is 4.79 Å². The van der Waals surface area contributed by atoms with Crippen LogP contribution in [0.2, 0.25) is 5.02 Å². The van der Waals surface area contributed by atoms with Gasteiger partial charge in [-0.25, -0.2) is 9.18 Å².